The van der Waals surface area contributed by atoms with Gasteiger partial charge in [0.1, 0.15) is 0 Å². The minimum absolute atomic E-state index is 0.0779. The second-order valence-electron chi connectivity index (χ2n) is 5.69. The van der Waals surface area contributed by atoms with E-state index in [0.29, 0.717) is 0 Å². The van der Waals surface area contributed by atoms with Gasteiger partial charge in [-0.2, -0.15) is 0 Å². The highest BCUT2D eigenvalue weighted by Gasteiger charge is 2.28. The molecule has 0 radical (unpaired) electrons. The fourth-order valence-electron chi connectivity index (χ4n) is 2.47. The molecule has 1 N–H and O–H groups in total. The van der Waals surface area contributed by atoms with Crippen LogP contribution >= 0.6 is 0 Å². The van der Waals surface area contributed by atoms with Gasteiger partial charge in [-0.3, -0.25) is 14.5 Å². The van der Waals surface area contributed by atoms with Crippen molar-refractivity contribution in [1.82, 2.24) is 9.62 Å². The molecule has 2 rings (SSSR count). The highest BCUT2D eigenvalue weighted by atomic mass is 32.2. The molecule has 1 aliphatic rings. The van der Waals surface area contributed by atoms with Crippen molar-refractivity contribution in [3.63, 3.8) is 0 Å². The fourth-order valence-corrected chi connectivity index (χ4v) is 3.59. The maximum Gasteiger partial charge on any atom is 0.229 e. The molecule has 0 atom stereocenters. The largest absolute Gasteiger partial charge is 0.378 e. The summed E-state index contributed by atoms with van der Waals surface area (Å²) >= 11 is 0. The first-order valence-electron chi connectivity index (χ1n) is 7.81. The van der Waals surface area contributed by atoms with Gasteiger partial charge in [-0.15, -0.1) is 0 Å². The van der Waals surface area contributed by atoms with E-state index in [-0.39, 0.29) is 56.7 Å². The number of imide groups is 1. The summed E-state index contributed by atoms with van der Waals surface area (Å²) in [6.07, 6.45) is 0.523. The van der Waals surface area contributed by atoms with Gasteiger partial charge in [0.05, 0.1) is 25.5 Å². The number of hydrogen-bond acceptors (Lipinski definition) is 5. The Kier molecular flexibility index (Phi) is 6.47. The number of rotatable bonds is 9. The standard InChI is InChI=1S/C16H22N2O5S/c1-13-3-2-4-14(11-13)12-24(21,22)17-7-9-23-10-8-18-15(19)5-6-16(18)20/h2-4,11,17H,5-10,12H2,1H3. The number of carbonyl (C=O) groups excluding carboxylic acids is 2. The van der Waals surface area contributed by atoms with Gasteiger partial charge < -0.3 is 4.74 Å². The average molecular weight is 354 g/mol. The number of carbonyl (C=O) groups is 2. The van der Waals surface area contributed by atoms with Crippen LogP contribution < -0.4 is 4.72 Å². The van der Waals surface area contributed by atoms with E-state index in [2.05, 4.69) is 4.72 Å². The van der Waals surface area contributed by atoms with Crippen molar-refractivity contribution >= 4 is 21.8 Å². The molecule has 0 unspecified atom stereocenters. The van der Waals surface area contributed by atoms with Crippen LogP contribution in [0.5, 0.6) is 0 Å². The summed E-state index contributed by atoms with van der Waals surface area (Å²) in [4.78, 5) is 24.0. The lowest BCUT2D eigenvalue weighted by atomic mass is 10.2. The third-order valence-corrected chi connectivity index (χ3v) is 4.98. The quantitative estimate of drug-likeness (QED) is 0.517. The van der Waals surface area contributed by atoms with Crippen LogP contribution in [0.1, 0.15) is 24.0 Å². The van der Waals surface area contributed by atoms with Crippen molar-refractivity contribution in [2.24, 2.45) is 0 Å². The van der Waals surface area contributed by atoms with E-state index in [9.17, 15) is 18.0 Å². The first-order chi connectivity index (χ1) is 11.4. The lowest BCUT2D eigenvalue weighted by Gasteiger charge is -2.13. The second-order valence-corrected chi connectivity index (χ2v) is 7.50. The van der Waals surface area contributed by atoms with Crippen LogP contribution in [-0.2, 0) is 30.1 Å². The van der Waals surface area contributed by atoms with Crippen LogP contribution in [0.2, 0.25) is 0 Å². The van der Waals surface area contributed by atoms with E-state index in [0.717, 1.165) is 11.1 Å². The maximum absolute atomic E-state index is 12.0. The summed E-state index contributed by atoms with van der Waals surface area (Å²) < 4.78 is 31.7. The molecule has 1 aromatic rings. The minimum Gasteiger partial charge on any atom is -0.378 e. The third-order valence-electron chi connectivity index (χ3n) is 3.62. The zero-order valence-corrected chi connectivity index (χ0v) is 14.5. The zero-order valence-electron chi connectivity index (χ0n) is 13.7. The van der Waals surface area contributed by atoms with Crippen LogP contribution in [0.3, 0.4) is 0 Å². The Balaban J connectivity index is 1.64. The number of ether oxygens (including phenoxy) is 1. The van der Waals surface area contributed by atoms with Gasteiger partial charge in [0.15, 0.2) is 0 Å². The van der Waals surface area contributed by atoms with Crippen LogP contribution in [0.4, 0.5) is 0 Å². The predicted octanol–water partition coefficient (Wildman–Crippen LogP) is 0.580. The molecule has 0 saturated carbocycles. The van der Waals surface area contributed by atoms with E-state index in [1.165, 1.54) is 4.90 Å². The lowest BCUT2D eigenvalue weighted by molar-refractivity contribution is -0.139. The fraction of sp³-hybridized carbons (Fsp3) is 0.500. The Morgan fingerprint density at radius 3 is 2.54 bits per heavy atom. The first-order valence-corrected chi connectivity index (χ1v) is 9.46. The number of benzene rings is 1. The minimum atomic E-state index is -3.42. The van der Waals surface area contributed by atoms with E-state index < -0.39 is 10.0 Å². The summed E-state index contributed by atoms with van der Waals surface area (Å²) in [7, 11) is -3.42. The van der Waals surface area contributed by atoms with Gasteiger partial charge in [-0.05, 0) is 12.5 Å². The summed E-state index contributed by atoms with van der Waals surface area (Å²) in [5.41, 5.74) is 1.74. The Hall–Kier alpha value is -1.77. The van der Waals surface area contributed by atoms with E-state index in [1.807, 2.05) is 25.1 Å². The first kappa shape index (κ1) is 18.6. The van der Waals surface area contributed by atoms with Crippen molar-refractivity contribution in [3.8, 4) is 0 Å². The van der Waals surface area contributed by atoms with Crippen molar-refractivity contribution in [2.75, 3.05) is 26.3 Å². The van der Waals surface area contributed by atoms with Crippen LogP contribution in [0.25, 0.3) is 0 Å². The zero-order chi connectivity index (χ0) is 17.6. The maximum atomic E-state index is 12.0. The molecule has 7 nitrogen and oxygen atoms in total. The topological polar surface area (TPSA) is 92.8 Å². The number of nitrogens with zero attached hydrogens (tertiary/aromatic N) is 1. The smallest absolute Gasteiger partial charge is 0.229 e. The number of nitrogens with one attached hydrogen (secondary N) is 1. The summed E-state index contributed by atoms with van der Waals surface area (Å²) in [5.74, 6) is -0.434. The molecule has 0 aliphatic carbocycles. The average Bonchev–Trinajstić information content (AvgIpc) is 2.81. The Morgan fingerprint density at radius 2 is 1.88 bits per heavy atom. The van der Waals surface area contributed by atoms with Crippen molar-refractivity contribution < 1.29 is 22.7 Å². The highest BCUT2D eigenvalue weighted by Crippen LogP contribution is 2.10. The van der Waals surface area contributed by atoms with E-state index >= 15 is 0 Å². The molecular formula is C16H22N2O5S. The lowest BCUT2D eigenvalue weighted by Crippen LogP contribution is -2.33. The second kappa shape index (κ2) is 8.36. The normalized spacial score (nSPS) is 15.3. The molecule has 1 aliphatic heterocycles. The van der Waals surface area contributed by atoms with Gasteiger partial charge in [-0.25, -0.2) is 13.1 Å². The van der Waals surface area contributed by atoms with Gasteiger partial charge in [-0.1, -0.05) is 29.8 Å². The molecule has 1 saturated heterocycles. The molecule has 24 heavy (non-hydrogen) atoms. The Morgan fingerprint density at radius 1 is 1.17 bits per heavy atom. The van der Waals surface area contributed by atoms with Gasteiger partial charge in [0.25, 0.3) is 0 Å². The molecule has 0 aromatic heterocycles. The summed E-state index contributed by atoms with van der Waals surface area (Å²) in [6.45, 7) is 2.66. The monoisotopic (exact) mass is 354 g/mol. The number of aryl methyl sites for hydroxylation is 1. The Bertz CT molecular complexity index is 686. The molecule has 1 fully saturated rings. The highest BCUT2D eigenvalue weighted by molar-refractivity contribution is 7.88. The van der Waals surface area contributed by atoms with Gasteiger partial charge in [0, 0.05) is 19.4 Å². The number of likely N-dealkylation sites (tertiary alicyclic amines) is 1. The molecule has 1 aromatic carbocycles. The molecular weight excluding hydrogens is 332 g/mol. The molecule has 1 heterocycles. The number of amides is 2. The molecule has 8 heteroatoms. The SMILES string of the molecule is Cc1cccc(CS(=O)(=O)NCCOCCN2C(=O)CCC2=O)c1. The predicted molar refractivity (Wildman–Crippen MR) is 88.6 cm³/mol. The Labute approximate surface area is 142 Å². The molecule has 0 spiro atoms. The number of sulfonamides is 1. The van der Waals surface area contributed by atoms with Crippen molar-refractivity contribution in [1.29, 1.82) is 0 Å². The summed E-state index contributed by atoms with van der Waals surface area (Å²) in [5, 5.41) is 0. The van der Waals surface area contributed by atoms with Gasteiger partial charge >= 0.3 is 0 Å². The summed E-state index contributed by atoms with van der Waals surface area (Å²) in [6, 6.07) is 7.34. The van der Waals surface area contributed by atoms with Crippen LogP contribution in [0.15, 0.2) is 24.3 Å². The van der Waals surface area contributed by atoms with E-state index in [1.54, 1.807) is 6.07 Å². The van der Waals surface area contributed by atoms with Crippen LogP contribution in [0, 0.1) is 6.92 Å². The van der Waals surface area contributed by atoms with Gasteiger partial charge in [0.2, 0.25) is 21.8 Å². The van der Waals surface area contributed by atoms with Crippen molar-refractivity contribution in [2.45, 2.75) is 25.5 Å². The molecule has 132 valence electrons. The van der Waals surface area contributed by atoms with Crippen LogP contribution in [-0.4, -0.2) is 51.4 Å². The van der Waals surface area contributed by atoms with E-state index in [4.69, 9.17) is 4.74 Å². The van der Waals surface area contributed by atoms with Crippen molar-refractivity contribution in [3.05, 3.63) is 35.4 Å². The molecule has 2 amide bonds. The third kappa shape index (κ3) is 5.70. The number of hydrogen-bond donors (Lipinski definition) is 1. The molecule has 0 bridgehead atoms.